The summed E-state index contributed by atoms with van der Waals surface area (Å²) in [5.74, 6) is 0.125. The van der Waals surface area contributed by atoms with Gasteiger partial charge in [0, 0.05) is 25.6 Å². The SMILES string of the molecule is CCC(C(=O)NC1CCCC1)N(Cc1cccc(C)c1)C(=O)CCCN(c1ccc(OC)c(Cl)c1)S(C)(=O)=O. The molecule has 8 nitrogen and oxygen atoms in total. The third-order valence-electron chi connectivity index (χ3n) is 7.10. The molecule has 2 amide bonds. The van der Waals surface area contributed by atoms with Gasteiger partial charge in [0.1, 0.15) is 11.8 Å². The van der Waals surface area contributed by atoms with Crippen LogP contribution in [-0.2, 0) is 26.2 Å². The third-order valence-corrected chi connectivity index (χ3v) is 8.59. The maximum absolute atomic E-state index is 13.6. The van der Waals surface area contributed by atoms with Crippen LogP contribution in [0, 0.1) is 6.92 Å². The van der Waals surface area contributed by atoms with E-state index < -0.39 is 16.1 Å². The zero-order valence-corrected chi connectivity index (χ0v) is 24.9. The predicted molar refractivity (Wildman–Crippen MR) is 156 cm³/mol. The molecular formula is C29H40ClN3O5S. The van der Waals surface area contributed by atoms with Crippen LogP contribution in [0.15, 0.2) is 42.5 Å². The summed E-state index contributed by atoms with van der Waals surface area (Å²) in [7, 11) is -2.14. The lowest BCUT2D eigenvalue weighted by Gasteiger charge is -2.32. The molecule has 0 radical (unpaired) electrons. The van der Waals surface area contributed by atoms with Crippen molar-refractivity contribution in [2.24, 2.45) is 0 Å². The summed E-state index contributed by atoms with van der Waals surface area (Å²) in [4.78, 5) is 28.6. The number of hydrogen-bond donors (Lipinski definition) is 1. The van der Waals surface area contributed by atoms with Gasteiger partial charge in [0.15, 0.2) is 0 Å². The van der Waals surface area contributed by atoms with Gasteiger partial charge in [-0.15, -0.1) is 0 Å². The number of amides is 2. The van der Waals surface area contributed by atoms with Gasteiger partial charge in [-0.3, -0.25) is 13.9 Å². The molecule has 1 saturated carbocycles. The van der Waals surface area contributed by atoms with E-state index in [2.05, 4.69) is 5.32 Å². The van der Waals surface area contributed by atoms with Crippen LogP contribution in [-0.4, -0.2) is 57.1 Å². The predicted octanol–water partition coefficient (Wildman–Crippen LogP) is 5.07. The molecule has 2 aromatic rings. The van der Waals surface area contributed by atoms with Crippen LogP contribution in [0.25, 0.3) is 0 Å². The average molecular weight is 578 g/mol. The first-order valence-electron chi connectivity index (χ1n) is 13.5. The largest absolute Gasteiger partial charge is 0.495 e. The minimum absolute atomic E-state index is 0.0922. The molecule has 0 heterocycles. The highest BCUT2D eigenvalue weighted by atomic mass is 35.5. The first-order chi connectivity index (χ1) is 18.5. The van der Waals surface area contributed by atoms with Crippen molar-refractivity contribution in [2.75, 3.05) is 24.2 Å². The molecule has 214 valence electrons. The Hall–Kier alpha value is -2.78. The maximum atomic E-state index is 13.6. The van der Waals surface area contributed by atoms with Crippen LogP contribution in [0.4, 0.5) is 5.69 Å². The monoisotopic (exact) mass is 577 g/mol. The molecule has 0 bridgehead atoms. The van der Waals surface area contributed by atoms with Gasteiger partial charge >= 0.3 is 0 Å². The Morgan fingerprint density at radius 1 is 1.15 bits per heavy atom. The van der Waals surface area contributed by atoms with Gasteiger partial charge in [-0.2, -0.15) is 0 Å². The van der Waals surface area contributed by atoms with Crippen molar-refractivity contribution in [3.63, 3.8) is 0 Å². The molecule has 0 saturated heterocycles. The Balaban J connectivity index is 1.77. The number of carbonyl (C=O) groups is 2. The highest BCUT2D eigenvalue weighted by Crippen LogP contribution is 2.30. The lowest BCUT2D eigenvalue weighted by atomic mass is 10.1. The van der Waals surface area contributed by atoms with E-state index in [4.69, 9.17) is 16.3 Å². The number of aryl methyl sites for hydroxylation is 1. The normalized spacial score (nSPS) is 14.6. The molecule has 1 atom stereocenters. The topological polar surface area (TPSA) is 96.0 Å². The second-order valence-electron chi connectivity index (χ2n) is 10.2. The van der Waals surface area contributed by atoms with Gasteiger partial charge in [0.05, 0.1) is 24.1 Å². The molecular weight excluding hydrogens is 538 g/mol. The number of ether oxygens (including phenoxy) is 1. The minimum atomic E-state index is -3.63. The molecule has 3 rings (SSSR count). The lowest BCUT2D eigenvalue weighted by molar-refractivity contribution is -0.141. The van der Waals surface area contributed by atoms with Crippen molar-refractivity contribution in [1.82, 2.24) is 10.2 Å². The Morgan fingerprint density at radius 2 is 1.87 bits per heavy atom. The van der Waals surface area contributed by atoms with Gasteiger partial charge in [-0.25, -0.2) is 8.42 Å². The molecule has 10 heteroatoms. The molecule has 1 aliphatic carbocycles. The summed E-state index contributed by atoms with van der Waals surface area (Å²) in [5.41, 5.74) is 2.42. The number of benzene rings is 2. The van der Waals surface area contributed by atoms with Crippen molar-refractivity contribution >= 4 is 39.1 Å². The van der Waals surface area contributed by atoms with Crippen molar-refractivity contribution < 1.29 is 22.7 Å². The molecule has 1 fully saturated rings. The van der Waals surface area contributed by atoms with E-state index in [0.29, 0.717) is 29.4 Å². The first kappa shape index (κ1) is 30.8. The van der Waals surface area contributed by atoms with E-state index >= 15 is 0 Å². The van der Waals surface area contributed by atoms with Gasteiger partial charge < -0.3 is 15.0 Å². The molecule has 0 spiro atoms. The zero-order chi connectivity index (χ0) is 28.6. The van der Waals surface area contributed by atoms with E-state index in [-0.39, 0.29) is 37.2 Å². The summed E-state index contributed by atoms with van der Waals surface area (Å²) in [6.45, 7) is 4.30. The van der Waals surface area contributed by atoms with Crippen molar-refractivity contribution in [2.45, 2.75) is 77.4 Å². The number of rotatable bonds is 13. The summed E-state index contributed by atoms with van der Waals surface area (Å²) < 4.78 is 31.6. The number of sulfonamides is 1. The van der Waals surface area contributed by atoms with Crippen molar-refractivity contribution in [3.8, 4) is 5.75 Å². The van der Waals surface area contributed by atoms with Crippen LogP contribution in [0.1, 0.15) is 63.0 Å². The summed E-state index contributed by atoms with van der Waals surface area (Å²) in [5, 5.41) is 3.44. The molecule has 0 aliphatic heterocycles. The fraction of sp³-hybridized carbons (Fsp3) is 0.517. The van der Waals surface area contributed by atoms with Gasteiger partial charge in [-0.05, 0) is 56.4 Å². The molecule has 0 aromatic heterocycles. The third kappa shape index (κ3) is 8.60. The molecule has 1 unspecified atom stereocenters. The van der Waals surface area contributed by atoms with Crippen LogP contribution < -0.4 is 14.4 Å². The van der Waals surface area contributed by atoms with Crippen molar-refractivity contribution in [3.05, 3.63) is 58.6 Å². The zero-order valence-electron chi connectivity index (χ0n) is 23.3. The Bertz CT molecular complexity index is 1250. The van der Waals surface area contributed by atoms with E-state index in [1.165, 1.54) is 17.5 Å². The standard InChI is InChI=1S/C29H40ClN3O5S/c1-5-26(29(35)31-23-12-6-7-13-23)32(20-22-11-8-10-21(2)18-22)28(34)14-9-17-33(39(4,36)37)24-15-16-27(38-3)25(30)19-24/h8,10-11,15-16,18-19,23,26H,5-7,9,12-14,17,20H2,1-4H3,(H,31,35). The molecule has 1 N–H and O–H groups in total. The average Bonchev–Trinajstić information content (AvgIpc) is 3.38. The second-order valence-corrected chi connectivity index (χ2v) is 12.5. The van der Waals surface area contributed by atoms with Crippen LogP contribution >= 0.6 is 11.6 Å². The van der Waals surface area contributed by atoms with E-state index in [1.807, 2.05) is 38.1 Å². The first-order valence-corrected chi connectivity index (χ1v) is 15.7. The number of methoxy groups -OCH3 is 1. The van der Waals surface area contributed by atoms with Crippen molar-refractivity contribution in [1.29, 1.82) is 0 Å². The lowest BCUT2D eigenvalue weighted by Crippen LogP contribution is -2.51. The summed E-state index contributed by atoms with van der Waals surface area (Å²) in [6.07, 6.45) is 6.10. The summed E-state index contributed by atoms with van der Waals surface area (Å²) >= 11 is 6.23. The Morgan fingerprint density at radius 3 is 2.46 bits per heavy atom. The molecule has 1 aliphatic rings. The molecule has 39 heavy (non-hydrogen) atoms. The summed E-state index contributed by atoms with van der Waals surface area (Å²) in [6, 6.07) is 12.2. The van der Waals surface area contributed by atoms with E-state index in [0.717, 1.165) is 43.1 Å². The quantitative estimate of drug-likeness (QED) is 0.358. The van der Waals surface area contributed by atoms with Gasteiger partial charge in [0.25, 0.3) is 0 Å². The van der Waals surface area contributed by atoms with E-state index in [9.17, 15) is 18.0 Å². The number of halogens is 1. The molecule has 2 aromatic carbocycles. The maximum Gasteiger partial charge on any atom is 0.243 e. The highest BCUT2D eigenvalue weighted by Gasteiger charge is 2.30. The number of anilines is 1. The smallest absolute Gasteiger partial charge is 0.243 e. The van der Waals surface area contributed by atoms with Crippen LogP contribution in [0.5, 0.6) is 5.75 Å². The number of hydrogen-bond acceptors (Lipinski definition) is 5. The van der Waals surface area contributed by atoms with Crippen LogP contribution in [0.3, 0.4) is 0 Å². The van der Waals surface area contributed by atoms with Gasteiger partial charge in [0.2, 0.25) is 21.8 Å². The van der Waals surface area contributed by atoms with Gasteiger partial charge in [-0.1, -0.05) is 61.2 Å². The number of nitrogens with zero attached hydrogens (tertiary/aromatic N) is 2. The second kappa shape index (κ2) is 14.0. The minimum Gasteiger partial charge on any atom is -0.495 e. The fourth-order valence-electron chi connectivity index (χ4n) is 5.11. The van der Waals surface area contributed by atoms with E-state index in [1.54, 1.807) is 17.0 Å². The van der Waals surface area contributed by atoms with Crippen LogP contribution in [0.2, 0.25) is 5.02 Å². The Kier molecular flexibility index (Phi) is 11.1. The fourth-order valence-corrected chi connectivity index (χ4v) is 6.32. The number of carbonyl (C=O) groups excluding carboxylic acids is 2. The number of nitrogens with one attached hydrogen (secondary N) is 1. The highest BCUT2D eigenvalue weighted by molar-refractivity contribution is 7.92. The Labute approximate surface area is 237 Å².